The number of rotatable bonds is 8. The van der Waals surface area contributed by atoms with Crippen LogP contribution < -0.4 is 10.8 Å². The third kappa shape index (κ3) is 5.06. The standard InChI is InChI=1S/C18H28N4O5S/c1-4-5-7-12(14(23)16(25)21-27)17(26)22-9-6-8-13(22)15(24)20-18-19-10(2)11(3)28-18/h12-14,23,27H,4-9H2,1-3H3,(H,21,25)(H,19,20,24)/t12?,13-,14?/m0/s1. The SMILES string of the molecule is CCCCC(C(=O)N1CCC[C@H]1C(=O)Nc1nc(C)c(C)s1)C(O)C(=O)NO. The van der Waals surface area contributed by atoms with Crippen LogP contribution in [-0.2, 0) is 14.4 Å². The minimum absolute atomic E-state index is 0.291. The molecule has 28 heavy (non-hydrogen) atoms. The number of hydroxylamine groups is 1. The van der Waals surface area contributed by atoms with Crippen LogP contribution in [0.5, 0.6) is 0 Å². The highest BCUT2D eigenvalue weighted by Gasteiger charge is 2.41. The van der Waals surface area contributed by atoms with Gasteiger partial charge in [0.1, 0.15) is 12.1 Å². The van der Waals surface area contributed by atoms with E-state index in [1.807, 2.05) is 20.8 Å². The van der Waals surface area contributed by atoms with Crippen LogP contribution >= 0.6 is 11.3 Å². The molecular weight excluding hydrogens is 384 g/mol. The molecular formula is C18H28N4O5S. The summed E-state index contributed by atoms with van der Waals surface area (Å²) in [5.41, 5.74) is 2.24. The number of amides is 3. The summed E-state index contributed by atoms with van der Waals surface area (Å²) < 4.78 is 0. The lowest BCUT2D eigenvalue weighted by Gasteiger charge is -2.29. The van der Waals surface area contributed by atoms with Crippen LogP contribution in [-0.4, -0.2) is 56.6 Å². The second-order valence-electron chi connectivity index (χ2n) is 7.01. The van der Waals surface area contributed by atoms with Crippen molar-refractivity contribution in [3.63, 3.8) is 0 Å². The van der Waals surface area contributed by atoms with Crippen LogP contribution in [0.4, 0.5) is 5.13 Å². The molecule has 4 N–H and O–H groups in total. The summed E-state index contributed by atoms with van der Waals surface area (Å²) in [6.45, 7) is 6.09. The number of carbonyl (C=O) groups excluding carboxylic acids is 3. The predicted molar refractivity (Wildman–Crippen MR) is 104 cm³/mol. The maximum absolute atomic E-state index is 13.1. The number of nitrogens with one attached hydrogen (secondary N) is 2. The second-order valence-corrected chi connectivity index (χ2v) is 8.21. The van der Waals surface area contributed by atoms with Crippen LogP contribution in [0.25, 0.3) is 0 Å². The molecule has 2 rings (SSSR count). The maximum Gasteiger partial charge on any atom is 0.272 e. The molecule has 1 fully saturated rings. The van der Waals surface area contributed by atoms with Crippen molar-refractivity contribution >= 4 is 34.2 Å². The Bertz CT molecular complexity index is 703. The highest BCUT2D eigenvalue weighted by atomic mass is 32.1. The van der Waals surface area contributed by atoms with Gasteiger partial charge in [0.25, 0.3) is 5.91 Å². The molecule has 0 aromatic carbocycles. The van der Waals surface area contributed by atoms with Gasteiger partial charge in [-0.1, -0.05) is 19.8 Å². The summed E-state index contributed by atoms with van der Waals surface area (Å²) in [7, 11) is 0. The smallest absolute Gasteiger partial charge is 0.272 e. The molecule has 1 aromatic heterocycles. The average Bonchev–Trinajstić information content (AvgIpc) is 3.27. The quantitative estimate of drug-likeness (QED) is 0.377. The van der Waals surface area contributed by atoms with E-state index in [2.05, 4.69) is 10.3 Å². The number of aliphatic hydroxyl groups excluding tert-OH is 1. The number of aliphatic hydroxyl groups is 1. The van der Waals surface area contributed by atoms with Crippen molar-refractivity contribution in [1.29, 1.82) is 0 Å². The Balaban J connectivity index is 2.13. The van der Waals surface area contributed by atoms with Gasteiger partial charge in [-0.05, 0) is 33.1 Å². The van der Waals surface area contributed by atoms with Crippen molar-refractivity contribution in [3.05, 3.63) is 10.6 Å². The maximum atomic E-state index is 13.1. The molecule has 1 saturated heterocycles. The first-order valence-corrected chi connectivity index (χ1v) is 10.3. The molecule has 2 unspecified atom stereocenters. The lowest BCUT2D eigenvalue weighted by molar-refractivity contribution is -0.152. The molecule has 1 aromatic rings. The van der Waals surface area contributed by atoms with E-state index in [0.717, 1.165) is 17.0 Å². The average molecular weight is 413 g/mol. The van der Waals surface area contributed by atoms with Crippen molar-refractivity contribution in [2.24, 2.45) is 5.92 Å². The molecule has 0 aliphatic carbocycles. The minimum atomic E-state index is -1.67. The highest BCUT2D eigenvalue weighted by molar-refractivity contribution is 7.15. The Morgan fingerprint density at radius 3 is 2.64 bits per heavy atom. The van der Waals surface area contributed by atoms with Gasteiger partial charge in [-0.25, -0.2) is 10.5 Å². The van der Waals surface area contributed by atoms with E-state index >= 15 is 0 Å². The number of nitrogens with zero attached hydrogens (tertiary/aromatic N) is 2. The van der Waals surface area contributed by atoms with Crippen LogP contribution in [0.1, 0.15) is 49.6 Å². The lowest BCUT2D eigenvalue weighted by Crippen LogP contribution is -2.50. The molecule has 1 aliphatic heterocycles. The largest absolute Gasteiger partial charge is 0.382 e. The summed E-state index contributed by atoms with van der Waals surface area (Å²) in [5.74, 6) is -2.81. The first kappa shape index (κ1) is 22.3. The van der Waals surface area contributed by atoms with E-state index in [0.29, 0.717) is 37.4 Å². The molecule has 2 heterocycles. The Labute approximate surface area is 168 Å². The topological polar surface area (TPSA) is 132 Å². The van der Waals surface area contributed by atoms with Gasteiger partial charge in [0, 0.05) is 11.4 Å². The zero-order valence-electron chi connectivity index (χ0n) is 16.4. The van der Waals surface area contributed by atoms with Gasteiger partial charge >= 0.3 is 0 Å². The van der Waals surface area contributed by atoms with Gasteiger partial charge in [0.05, 0.1) is 11.6 Å². The van der Waals surface area contributed by atoms with Crippen molar-refractivity contribution in [2.75, 3.05) is 11.9 Å². The van der Waals surface area contributed by atoms with Crippen LogP contribution in [0.2, 0.25) is 0 Å². The Kier molecular flexibility index (Phi) is 7.90. The molecule has 9 nitrogen and oxygen atoms in total. The molecule has 156 valence electrons. The third-order valence-electron chi connectivity index (χ3n) is 5.04. The predicted octanol–water partition coefficient (Wildman–Crippen LogP) is 1.36. The Morgan fingerprint density at radius 1 is 1.36 bits per heavy atom. The number of hydrogen-bond donors (Lipinski definition) is 4. The molecule has 0 saturated carbocycles. The van der Waals surface area contributed by atoms with Crippen molar-refractivity contribution in [3.8, 4) is 0 Å². The first-order chi connectivity index (χ1) is 13.3. The van der Waals surface area contributed by atoms with Crippen LogP contribution in [0.15, 0.2) is 0 Å². The number of aryl methyl sites for hydroxylation is 2. The zero-order chi connectivity index (χ0) is 20.8. The van der Waals surface area contributed by atoms with Gasteiger partial charge in [-0.3, -0.25) is 19.6 Å². The molecule has 10 heteroatoms. The molecule has 3 atom stereocenters. The summed E-state index contributed by atoms with van der Waals surface area (Å²) in [6, 6.07) is -0.675. The van der Waals surface area contributed by atoms with E-state index in [-0.39, 0.29) is 5.91 Å². The normalized spacial score (nSPS) is 18.6. The summed E-state index contributed by atoms with van der Waals surface area (Å²) >= 11 is 1.37. The fourth-order valence-electron chi connectivity index (χ4n) is 3.32. The van der Waals surface area contributed by atoms with E-state index < -0.39 is 29.9 Å². The third-order valence-corrected chi connectivity index (χ3v) is 6.03. The fraction of sp³-hybridized carbons (Fsp3) is 0.667. The number of aromatic nitrogens is 1. The van der Waals surface area contributed by atoms with Gasteiger partial charge in [-0.15, -0.1) is 11.3 Å². The number of carbonyl (C=O) groups is 3. The van der Waals surface area contributed by atoms with E-state index in [9.17, 15) is 19.5 Å². The Morgan fingerprint density at radius 2 is 2.07 bits per heavy atom. The van der Waals surface area contributed by atoms with Crippen LogP contribution in [0.3, 0.4) is 0 Å². The van der Waals surface area contributed by atoms with Gasteiger partial charge in [0.15, 0.2) is 5.13 Å². The molecule has 3 amide bonds. The van der Waals surface area contributed by atoms with E-state index in [4.69, 9.17) is 5.21 Å². The van der Waals surface area contributed by atoms with Crippen molar-refractivity contribution < 1.29 is 24.7 Å². The number of hydrogen-bond acceptors (Lipinski definition) is 7. The zero-order valence-corrected chi connectivity index (χ0v) is 17.2. The summed E-state index contributed by atoms with van der Waals surface area (Å²) in [4.78, 5) is 44.2. The minimum Gasteiger partial charge on any atom is -0.382 e. The molecule has 1 aliphatic rings. The number of unbranched alkanes of at least 4 members (excludes halogenated alkanes) is 1. The van der Waals surface area contributed by atoms with Gasteiger partial charge in [-0.2, -0.15) is 0 Å². The van der Waals surface area contributed by atoms with Crippen LogP contribution in [0, 0.1) is 19.8 Å². The summed E-state index contributed by atoms with van der Waals surface area (Å²) in [5, 5.41) is 22.3. The lowest BCUT2D eigenvalue weighted by atomic mass is 9.93. The van der Waals surface area contributed by atoms with E-state index in [1.54, 1.807) is 0 Å². The highest BCUT2D eigenvalue weighted by Crippen LogP contribution is 2.27. The summed E-state index contributed by atoms with van der Waals surface area (Å²) in [6.07, 6.45) is 1.20. The number of thiazole rings is 1. The number of anilines is 1. The van der Waals surface area contributed by atoms with Crippen molar-refractivity contribution in [1.82, 2.24) is 15.4 Å². The first-order valence-electron chi connectivity index (χ1n) is 9.47. The van der Waals surface area contributed by atoms with E-state index in [1.165, 1.54) is 21.7 Å². The molecule has 0 radical (unpaired) electrons. The van der Waals surface area contributed by atoms with Gasteiger partial charge < -0.3 is 15.3 Å². The van der Waals surface area contributed by atoms with Crippen molar-refractivity contribution in [2.45, 2.75) is 65.0 Å². The second kappa shape index (κ2) is 9.94. The monoisotopic (exact) mass is 412 g/mol. The van der Waals surface area contributed by atoms with Gasteiger partial charge in [0.2, 0.25) is 11.8 Å². The Hall–Kier alpha value is -2.04. The molecule has 0 spiro atoms. The number of likely N-dealkylation sites (tertiary alicyclic amines) is 1. The fourth-order valence-corrected chi connectivity index (χ4v) is 4.14. The molecule has 0 bridgehead atoms.